The van der Waals surface area contributed by atoms with Crippen molar-refractivity contribution in [2.75, 3.05) is 25.3 Å². The van der Waals surface area contributed by atoms with E-state index in [1.165, 1.54) is 0 Å². The van der Waals surface area contributed by atoms with Crippen LogP contribution in [0.5, 0.6) is 11.6 Å². The van der Waals surface area contributed by atoms with Crippen LogP contribution in [0.1, 0.15) is 31.0 Å². The Kier molecular flexibility index (Phi) is 5.74. The first-order chi connectivity index (χ1) is 15.1. The fourth-order valence-electron chi connectivity index (χ4n) is 3.27. The number of anilines is 3. The van der Waals surface area contributed by atoms with Crippen molar-refractivity contribution in [3.05, 3.63) is 54.1 Å². The Bertz CT molecular complexity index is 1170. The van der Waals surface area contributed by atoms with Crippen molar-refractivity contribution in [2.24, 2.45) is 4.99 Å². The average molecular weight is 417 g/mol. The van der Waals surface area contributed by atoms with E-state index in [0.717, 1.165) is 40.3 Å². The number of hydrogen-bond acceptors (Lipinski definition) is 9. The molecule has 9 heteroatoms. The van der Waals surface area contributed by atoms with Gasteiger partial charge in [0.2, 0.25) is 11.8 Å². The quantitative estimate of drug-likeness (QED) is 0.596. The maximum absolute atomic E-state index is 5.88. The summed E-state index contributed by atoms with van der Waals surface area (Å²) in [6.45, 7) is 2.09. The Morgan fingerprint density at radius 2 is 1.90 bits per heavy atom. The maximum atomic E-state index is 5.88. The van der Waals surface area contributed by atoms with Crippen LogP contribution >= 0.6 is 0 Å². The van der Waals surface area contributed by atoms with Gasteiger partial charge in [0.25, 0.3) is 0 Å². The molecule has 4 heterocycles. The van der Waals surface area contributed by atoms with Crippen LogP contribution in [0.15, 0.2) is 47.8 Å². The molecule has 0 aliphatic carbocycles. The minimum absolute atomic E-state index is 0.340. The van der Waals surface area contributed by atoms with Crippen molar-refractivity contribution >= 4 is 34.4 Å². The lowest BCUT2D eigenvalue weighted by atomic mass is 10.0. The van der Waals surface area contributed by atoms with Crippen molar-refractivity contribution in [3.63, 3.8) is 0 Å². The summed E-state index contributed by atoms with van der Waals surface area (Å²) in [5.41, 5.74) is 11.2. The number of nitrogens with one attached hydrogen (secondary N) is 1. The van der Waals surface area contributed by atoms with Crippen molar-refractivity contribution in [2.45, 2.75) is 19.8 Å². The topological polar surface area (TPSA) is 120 Å². The second-order valence-electron chi connectivity index (χ2n) is 6.82. The van der Waals surface area contributed by atoms with Crippen LogP contribution in [0.2, 0.25) is 0 Å². The molecule has 0 radical (unpaired) electrons. The summed E-state index contributed by atoms with van der Waals surface area (Å²) in [6.07, 6.45) is 6.64. The van der Waals surface area contributed by atoms with Gasteiger partial charge in [-0.25, -0.2) is 19.9 Å². The number of methoxy groups -OCH3 is 2. The number of rotatable bonds is 7. The zero-order chi connectivity index (χ0) is 21.8. The fraction of sp³-hybridized carbons (Fsp3) is 0.227. The molecule has 0 bridgehead atoms. The number of aliphatic imine (C=N–C) groups is 1. The Morgan fingerprint density at radius 3 is 2.68 bits per heavy atom. The summed E-state index contributed by atoms with van der Waals surface area (Å²) in [4.78, 5) is 22.3. The minimum atomic E-state index is 0.340. The SMILES string of the molecule is CCC1=NC(c2cnc(N)c(OC)c2)=C(c2ccnc(Nc3ccnc(OC)c3)n2)C1. The Morgan fingerprint density at radius 1 is 1.06 bits per heavy atom. The first kappa shape index (κ1) is 20.3. The van der Waals surface area contributed by atoms with E-state index in [1.54, 1.807) is 38.9 Å². The Labute approximate surface area is 180 Å². The van der Waals surface area contributed by atoms with Gasteiger partial charge in [0.1, 0.15) is 0 Å². The van der Waals surface area contributed by atoms with Crippen LogP contribution in [0.25, 0.3) is 11.3 Å². The van der Waals surface area contributed by atoms with Crippen LogP contribution in [0.4, 0.5) is 17.5 Å². The molecular formula is C22H23N7O2. The number of nitrogens with two attached hydrogens (primary N) is 1. The highest BCUT2D eigenvalue weighted by Gasteiger charge is 2.22. The standard InChI is InChI=1S/C22H23N7O2/c1-4-14-10-16(20(27-14)13-9-18(30-2)21(23)26-12-13)17-6-8-25-22(29-17)28-15-5-7-24-19(11-15)31-3/h5-9,11-12H,4,10H2,1-3H3,(H2,23,26)(H,24,25,28,29). The lowest BCUT2D eigenvalue weighted by Gasteiger charge is -2.10. The fourth-order valence-corrected chi connectivity index (χ4v) is 3.27. The second-order valence-corrected chi connectivity index (χ2v) is 6.82. The molecule has 0 amide bonds. The first-order valence-corrected chi connectivity index (χ1v) is 9.81. The van der Waals surface area contributed by atoms with Gasteiger partial charge in [-0.15, -0.1) is 0 Å². The summed E-state index contributed by atoms with van der Waals surface area (Å²) >= 11 is 0. The largest absolute Gasteiger partial charge is 0.493 e. The summed E-state index contributed by atoms with van der Waals surface area (Å²) in [5.74, 6) is 1.83. The molecule has 3 N–H and O–H groups in total. The molecule has 1 aliphatic heterocycles. The van der Waals surface area contributed by atoms with Crippen LogP contribution in [-0.4, -0.2) is 39.9 Å². The lowest BCUT2D eigenvalue weighted by molar-refractivity contribution is 0.398. The van der Waals surface area contributed by atoms with Crippen molar-refractivity contribution < 1.29 is 9.47 Å². The highest BCUT2D eigenvalue weighted by atomic mass is 16.5. The van der Waals surface area contributed by atoms with Crippen molar-refractivity contribution in [3.8, 4) is 11.6 Å². The van der Waals surface area contributed by atoms with Gasteiger partial charge < -0.3 is 20.5 Å². The summed E-state index contributed by atoms with van der Waals surface area (Å²) < 4.78 is 10.5. The number of hydrogen-bond donors (Lipinski definition) is 2. The van der Waals surface area contributed by atoms with E-state index < -0.39 is 0 Å². The van der Waals surface area contributed by atoms with Crippen LogP contribution in [-0.2, 0) is 0 Å². The first-order valence-electron chi connectivity index (χ1n) is 9.81. The molecule has 1 aliphatic rings. The molecule has 3 aromatic rings. The third-order valence-electron chi connectivity index (χ3n) is 4.88. The summed E-state index contributed by atoms with van der Waals surface area (Å²) in [7, 11) is 3.14. The number of nitrogen functional groups attached to an aromatic ring is 1. The van der Waals surface area contributed by atoms with Gasteiger partial charge in [-0.3, -0.25) is 4.99 Å². The molecule has 0 saturated heterocycles. The normalized spacial score (nSPS) is 13.2. The third kappa shape index (κ3) is 4.30. The van der Waals surface area contributed by atoms with E-state index in [-0.39, 0.29) is 0 Å². The maximum Gasteiger partial charge on any atom is 0.227 e. The van der Waals surface area contributed by atoms with Gasteiger partial charge in [-0.2, -0.15) is 0 Å². The molecule has 0 spiro atoms. The lowest BCUT2D eigenvalue weighted by Crippen LogP contribution is -2.01. The average Bonchev–Trinajstić information content (AvgIpc) is 3.24. The molecule has 0 fully saturated rings. The molecule has 9 nitrogen and oxygen atoms in total. The molecule has 0 aromatic carbocycles. The van der Waals surface area contributed by atoms with Crippen LogP contribution in [0, 0.1) is 0 Å². The van der Waals surface area contributed by atoms with Crippen molar-refractivity contribution in [1.82, 2.24) is 19.9 Å². The van der Waals surface area contributed by atoms with E-state index in [2.05, 4.69) is 27.2 Å². The van der Waals surface area contributed by atoms with Crippen LogP contribution in [0.3, 0.4) is 0 Å². The Hall–Kier alpha value is -4.01. The van der Waals surface area contributed by atoms with E-state index in [4.69, 9.17) is 25.2 Å². The van der Waals surface area contributed by atoms with E-state index in [1.807, 2.05) is 18.2 Å². The number of pyridine rings is 2. The molecule has 0 saturated carbocycles. The van der Waals surface area contributed by atoms with Gasteiger partial charge in [-0.05, 0) is 24.6 Å². The molecule has 3 aromatic heterocycles. The van der Waals surface area contributed by atoms with Gasteiger partial charge in [-0.1, -0.05) is 6.92 Å². The van der Waals surface area contributed by atoms with Gasteiger partial charge in [0.05, 0.1) is 25.6 Å². The van der Waals surface area contributed by atoms with E-state index in [9.17, 15) is 0 Å². The van der Waals surface area contributed by atoms with Gasteiger partial charge in [0.15, 0.2) is 11.6 Å². The molecule has 0 unspecified atom stereocenters. The predicted molar refractivity (Wildman–Crippen MR) is 120 cm³/mol. The molecule has 31 heavy (non-hydrogen) atoms. The summed E-state index contributed by atoms with van der Waals surface area (Å²) in [5, 5.41) is 3.20. The third-order valence-corrected chi connectivity index (χ3v) is 4.88. The molecular weight excluding hydrogens is 394 g/mol. The van der Waals surface area contributed by atoms with Crippen LogP contribution < -0.4 is 20.5 Å². The van der Waals surface area contributed by atoms with E-state index >= 15 is 0 Å². The number of nitrogens with zero attached hydrogens (tertiary/aromatic N) is 5. The summed E-state index contributed by atoms with van der Waals surface area (Å²) in [6, 6.07) is 7.33. The van der Waals surface area contributed by atoms with E-state index in [0.29, 0.717) is 29.8 Å². The number of ether oxygens (including phenoxy) is 2. The van der Waals surface area contributed by atoms with Gasteiger partial charge >= 0.3 is 0 Å². The highest BCUT2D eigenvalue weighted by Crippen LogP contribution is 2.37. The minimum Gasteiger partial charge on any atom is -0.493 e. The monoisotopic (exact) mass is 417 g/mol. The zero-order valence-electron chi connectivity index (χ0n) is 17.6. The molecule has 4 rings (SSSR count). The number of aromatic nitrogens is 4. The predicted octanol–water partition coefficient (Wildman–Crippen LogP) is 3.73. The highest BCUT2D eigenvalue weighted by molar-refractivity contribution is 6.09. The van der Waals surface area contributed by atoms with Crippen molar-refractivity contribution in [1.29, 1.82) is 0 Å². The second kappa shape index (κ2) is 8.78. The Balaban J connectivity index is 1.71. The molecule has 0 atom stereocenters. The number of allylic oxidation sites excluding steroid dienone is 1. The van der Waals surface area contributed by atoms with Gasteiger partial charge in [0, 0.05) is 53.6 Å². The molecule has 158 valence electrons. The zero-order valence-corrected chi connectivity index (χ0v) is 17.6. The smallest absolute Gasteiger partial charge is 0.227 e.